The Morgan fingerprint density at radius 3 is 2.48 bits per heavy atom. The van der Waals surface area contributed by atoms with Crippen LogP contribution in [0.15, 0.2) is 0 Å². The number of nitrogen functional groups attached to an aromatic ring is 1. The third-order valence-corrected chi connectivity index (χ3v) is 2.78. The van der Waals surface area contributed by atoms with Gasteiger partial charge in [-0.05, 0) is 12.8 Å². The van der Waals surface area contributed by atoms with Crippen molar-refractivity contribution in [2.75, 3.05) is 17.9 Å². The van der Waals surface area contributed by atoms with Gasteiger partial charge in [0, 0.05) is 0 Å². The summed E-state index contributed by atoms with van der Waals surface area (Å²) in [6.07, 6.45) is 0. The van der Waals surface area contributed by atoms with E-state index in [0.717, 1.165) is 0 Å². The van der Waals surface area contributed by atoms with Gasteiger partial charge in [-0.15, -0.1) is 0 Å². The molecule has 0 saturated heterocycles. The number of ether oxygens (including phenoxy) is 1. The Morgan fingerprint density at radius 1 is 1.43 bits per heavy atom. The summed E-state index contributed by atoms with van der Waals surface area (Å²) < 4.78 is 4.68. The number of rotatable bonds is 6. The Morgan fingerprint density at radius 2 is 2.05 bits per heavy atom. The van der Waals surface area contributed by atoms with E-state index in [2.05, 4.69) is 25.4 Å². The molecule has 1 aromatic heterocycles. The van der Waals surface area contributed by atoms with Crippen LogP contribution in [0.2, 0.25) is 0 Å². The van der Waals surface area contributed by atoms with Gasteiger partial charge in [0.25, 0.3) is 0 Å². The Hall–Kier alpha value is -2.49. The average Bonchev–Trinajstić information content (AvgIpc) is 2.42. The van der Waals surface area contributed by atoms with Crippen molar-refractivity contribution < 1.29 is 14.5 Å². The van der Waals surface area contributed by atoms with E-state index in [4.69, 9.17) is 5.84 Å². The smallest absolute Gasteiger partial charge is 0.332 e. The van der Waals surface area contributed by atoms with Crippen LogP contribution in [0.5, 0.6) is 0 Å². The molecule has 4 N–H and O–H groups in total. The lowest BCUT2D eigenvalue weighted by Crippen LogP contribution is -2.36. The van der Waals surface area contributed by atoms with Crippen LogP contribution < -0.4 is 16.6 Å². The number of hydrogen-bond donors (Lipinski definition) is 3. The van der Waals surface area contributed by atoms with E-state index >= 15 is 0 Å². The Balaban J connectivity index is 3.29. The number of nitrogens with two attached hydrogens (primary N) is 1. The average molecular weight is 298 g/mol. The molecule has 0 saturated carbocycles. The van der Waals surface area contributed by atoms with Gasteiger partial charge in [0.2, 0.25) is 11.8 Å². The van der Waals surface area contributed by atoms with Gasteiger partial charge in [0.15, 0.2) is 0 Å². The number of aryl methyl sites for hydroxylation is 1. The highest BCUT2D eigenvalue weighted by atomic mass is 16.6. The first kappa shape index (κ1) is 16.6. The summed E-state index contributed by atoms with van der Waals surface area (Å²) >= 11 is 0. The predicted octanol–water partition coefficient (Wildman–Crippen LogP) is 0.588. The lowest BCUT2D eigenvalue weighted by Gasteiger charge is -2.20. The van der Waals surface area contributed by atoms with Crippen LogP contribution >= 0.6 is 0 Å². The molecular weight excluding hydrogens is 280 g/mol. The molecule has 0 spiro atoms. The number of anilines is 2. The molecule has 0 fully saturated rings. The molecule has 1 rings (SSSR count). The first-order valence-corrected chi connectivity index (χ1v) is 6.15. The van der Waals surface area contributed by atoms with Crippen LogP contribution in [-0.2, 0) is 9.53 Å². The van der Waals surface area contributed by atoms with E-state index in [0.29, 0.717) is 0 Å². The molecule has 10 heteroatoms. The lowest BCUT2D eigenvalue weighted by atomic mass is 10.0. The van der Waals surface area contributed by atoms with Gasteiger partial charge < -0.3 is 10.1 Å². The number of hydrazine groups is 1. The summed E-state index contributed by atoms with van der Waals surface area (Å²) in [6.45, 7) is 5.00. The normalized spacial score (nSPS) is 11.9. The number of nitro groups is 1. The van der Waals surface area contributed by atoms with Crippen LogP contribution in [0.1, 0.15) is 19.5 Å². The van der Waals surface area contributed by atoms with Crippen molar-refractivity contribution in [1.29, 1.82) is 0 Å². The molecule has 0 bridgehead atoms. The highest BCUT2D eigenvalue weighted by molar-refractivity contribution is 5.80. The lowest BCUT2D eigenvalue weighted by molar-refractivity contribution is -0.385. The van der Waals surface area contributed by atoms with Crippen LogP contribution in [0, 0.1) is 23.0 Å². The second kappa shape index (κ2) is 6.79. The quantitative estimate of drug-likeness (QED) is 0.297. The second-order valence-electron chi connectivity index (χ2n) is 4.62. The molecule has 0 aliphatic carbocycles. The minimum Gasteiger partial charge on any atom is -0.467 e. The number of aromatic nitrogens is 2. The van der Waals surface area contributed by atoms with Gasteiger partial charge in [-0.1, -0.05) is 13.8 Å². The van der Waals surface area contributed by atoms with Crippen LogP contribution in [-0.4, -0.2) is 34.0 Å². The summed E-state index contributed by atoms with van der Waals surface area (Å²) in [5.74, 6) is 4.43. The first-order valence-electron chi connectivity index (χ1n) is 6.15. The van der Waals surface area contributed by atoms with E-state index in [-0.39, 0.29) is 29.1 Å². The van der Waals surface area contributed by atoms with Gasteiger partial charge in [0.1, 0.15) is 11.7 Å². The number of hydrogen-bond acceptors (Lipinski definition) is 9. The third kappa shape index (κ3) is 3.75. The maximum atomic E-state index is 11.7. The number of methoxy groups -OCH3 is 1. The molecule has 10 nitrogen and oxygen atoms in total. The van der Waals surface area contributed by atoms with Gasteiger partial charge in [0.05, 0.1) is 12.0 Å². The molecule has 0 aliphatic heterocycles. The van der Waals surface area contributed by atoms with Crippen LogP contribution in [0.4, 0.5) is 17.5 Å². The van der Waals surface area contributed by atoms with Gasteiger partial charge in [-0.2, -0.15) is 4.98 Å². The van der Waals surface area contributed by atoms with E-state index in [1.807, 2.05) is 0 Å². The van der Waals surface area contributed by atoms with Crippen molar-refractivity contribution in [2.24, 2.45) is 11.8 Å². The summed E-state index contributed by atoms with van der Waals surface area (Å²) in [6, 6.07) is -0.784. The summed E-state index contributed by atoms with van der Waals surface area (Å²) in [5.41, 5.74) is 2.03. The standard InChI is InChI=1S/C11H18N6O4/c1-5(2)7(10(18)21-4)14-9-8(17(19)20)6(3)13-11(15-9)16-12/h5,7H,12H2,1-4H3,(H2,13,14,15,16). The van der Waals surface area contributed by atoms with Gasteiger partial charge in [-0.3, -0.25) is 15.5 Å². The van der Waals surface area contributed by atoms with E-state index in [1.54, 1.807) is 13.8 Å². The highest BCUT2D eigenvalue weighted by Crippen LogP contribution is 2.27. The molecule has 0 aliphatic rings. The molecular formula is C11H18N6O4. The van der Waals surface area contributed by atoms with Crippen molar-refractivity contribution in [3.05, 3.63) is 15.8 Å². The SMILES string of the molecule is COC(=O)C(Nc1nc(NN)nc(C)c1[N+](=O)[O-])C(C)C. The van der Waals surface area contributed by atoms with E-state index in [1.165, 1.54) is 14.0 Å². The fourth-order valence-corrected chi connectivity index (χ4v) is 1.72. The Labute approximate surface area is 121 Å². The summed E-state index contributed by atoms with van der Waals surface area (Å²) in [7, 11) is 1.24. The van der Waals surface area contributed by atoms with Gasteiger partial charge in [-0.25, -0.2) is 15.6 Å². The highest BCUT2D eigenvalue weighted by Gasteiger charge is 2.29. The molecule has 1 atom stereocenters. The largest absolute Gasteiger partial charge is 0.467 e. The fraction of sp³-hybridized carbons (Fsp3) is 0.545. The molecule has 21 heavy (non-hydrogen) atoms. The van der Waals surface area contributed by atoms with Crippen LogP contribution in [0.3, 0.4) is 0 Å². The molecule has 1 unspecified atom stereocenters. The number of esters is 1. The molecule has 0 radical (unpaired) electrons. The predicted molar refractivity (Wildman–Crippen MR) is 75.5 cm³/mol. The molecule has 1 aromatic rings. The van der Waals surface area contributed by atoms with Crippen LogP contribution in [0.25, 0.3) is 0 Å². The number of nitrogens with one attached hydrogen (secondary N) is 2. The first-order chi connectivity index (χ1) is 9.81. The topological polar surface area (TPSA) is 145 Å². The van der Waals surface area contributed by atoms with Crippen molar-refractivity contribution in [3.8, 4) is 0 Å². The zero-order chi connectivity index (χ0) is 16.2. The maximum Gasteiger partial charge on any atom is 0.332 e. The third-order valence-electron chi connectivity index (χ3n) is 2.78. The van der Waals surface area contributed by atoms with Crippen molar-refractivity contribution in [3.63, 3.8) is 0 Å². The van der Waals surface area contributed by atoms with E-state index in [9.17, 15) is 14.9 Å². The monoisotopic (exact) mass is 298 g/mol. The summed E-state index contributed by atoms with van der Waals surface area (Å²) in [4.78, 5) is 30.0. The summed E-state index contributed by atoms with van der Waals surface area (Å²) in [5, 5.41) is 13.9. The van der Waals surface area contributed by atoms with E-state index < -0.39 is 16.9 Å². The minimum atomic E-state index is -0.784. The van der Waals surface area contributed by atoms with Gasteiger partial charge >= 0.3 is 11.7 Å². The fourth-order valence-electron chi connectivity index (χ4n) is 1.72. The number of carbonyl (C=O) groups is 1. The maximum absolute atomic E-state index is 11.7. The zero-order valence-electron chi connectivity index (χ0n) is 12.2. The van der Waals surface area contributed by atoms with Crippen molar-refractivity contribution in [2.45, 2.75) is 26.8 Å². The van der Waals surface area contributed by atoms with Crippen molar-refractivity contribution >= 4 is 23.4 Å². The molecule has 1 heterocycles. The number of carbonyl (C=O) groups excluding carboxylic acids is 1. The van der Waals surface area contributed by atoms with Crippen molar-refractivity contribution in [1.82, 2.24) is 9.97 Å². The molecule has 116 valence electrons. The number of nitrogens with zero attached hydrogens (tertiary/aromatic N) is 3. The zero-order valence-corrected chi connectivity index (χ0v) is 12.2. The Bertz CT molecular complexity index is 548. The Kier molecular flexibility index (Phi) is 5.36. The molecule has 0 amide bonds. The molecule has 0 aromatic carbocycles. The second-order valence-corrected chi connectivity index (χ2v) is 4.62. The minimum absolute atomic E-state index is 0.00738.